The van der Waals surface area contributed by atoms with Gasteiger partial charge in [-0.1, -0.05) is 0 Å². The molecule has 0 fully saturated rings. The SMILES string of the molecule is Cc1cc(C)c(CNc2ncccc2[N+](=O)[O-])c(=O)[nH]1. The number of aryl methyl sites for hydroxylation is 2. The van der Waals surface area contributed by atoms with E-state index in [1.807, 2.05) is 13.0 Å². The molecule has 2 aromatic heterocycles. The summed E-state index contributed by atoms with van der Waals surface area (Å²) in [5.74, 6) is 0.150. The van der Waals surface area contributed by atoms with Crippen molar-refractivity contribution >= 4 is 11.5 Å². The molecule has 0 atom stereocenters. The second kappa shape index (κ2) is 5.52. The summed E-state index contributed by atoms with van der Waals surface area (Å²) >= 11 is 0. The molecule has 0 aliphatic rings. The van der Waals surface area contributed by atoms with Gasteiger partial charge in [0.1, 0.15) is 0 Å². The van der Waals surface area contributed by atoms with Crippen LogP contribution in [-0.4, -0.2) is 14.9 Å². The van der Waals surface area contributed by atoms with Crippen molar-refractivity contribution < 1.29 is 4.92 Å². The molecule has 0 saturated heterocycles. The van der Waals surface area contributed by atoms with E-state index in [1.54, 1.807) is 6.92 Å². The molecule has 7 heteroatoms. The lowest BCUT2D eigenvalue weighted by molar-refractivity contribution is -0.384. The number of hydrogen-bond donors (Lipinski definition) is 2. The van der Waals surface area contributed by atoms with Crippen LogP contribution in [0.5, 0.6) is 0 Å². The standard InChI is InChI=1S/C13H14N4O3/c1-8-6-9(2)16-13(18)10(8)7-15-12-11(17(19)20)4-3-5-14-12/h3-6H,7H2,1-2H3,(H,14,15)(H,16,18). The molecule has 0 aliphatic carbocycles. The fourth-order valence-electron chi connectivity index (χ4n) is 1.95. The van der Waals surface area contributed by atoms with E-state index < -0.39 is 4.92 Å². The maximum atomic E-state index is 11.9. The number of aromatic nitrogens is 2. The predicted octanol–water partition coefficient (Wildman–Crippen LogP) is 1.91. The molecule has 2 rings (SSSR count). The maximum absolute atomic E-state index is 11.9. The summed E-state index contributed by atoms with van der Waals surface area (Å²) < 4.78 is 0. The average Bonchev–Trinajstić information content (AvgIpc) is 2.37. The number of anilines is 1. The maximum Gasteiger partial charge on any atom is 0.311 e. The number of nitrogens with zero attached hydrogens (tertiary/aromatic N) is 2. The number of aromatic amines is 1. The molecule has 0 bridgehead atoms. The van der Waals surface area contributed by atoms with Crippen molar-refractivity contribution in [1.82, 2.24) is 9.97 Å². The molecule has 2 N–H and O–H groups in total. The van der Waals surface area contributed by atoms with Crippen molar-refractivity contribution in [2.75, 3.05) is 5.32 Å². The Morgan fingerprint density at radius 1 is 1.45 bits per heavy atom. The van der Waals surface area contributed by atoms with Crippen LogP contribution < -0.4 is 10.9 Å². The van der Waals surface area contributed by atoms with E-state index in [2.05, 4.69) is 15.3 Å². The van der Waals surface area contributed by atoms with Crippen molar-refractivity contribution in [3.63, 3.8) is 0 Å². The van der Waals surface area contributed by atoms with Gasteiger partial charge in [0.25, 0.3) is 5.56 Å². The van der Waals surface area contributed by atoms with Crippen molar-refractivity contribution in [3.8, 4) is 0 Å². The number of pyridine rings is 2. The summed E-state index contributed by atoms with van der Waals surface area (Å²) in [6, 6.07) is 4.71. The van der Waals surface area contributed by atoms with Crippen LogP contribution in [0.2, 0.25) is 0 Å². The minimum absolute atomic E-state index is 0.117. The lowest BCUT2D eigenvalue weighted by Crippen LogP contribution is -2.19. The third-order valence-corrected chi connectivity index (χ3v) is 2.91. The Balaban J connectivity index is 2.26. The Morgan fingerprint density at radius 2 is 2.20 bits per heavy atom. The lowest BCUT2D eigenvalue weighted by atomic mass is 10.1. The molecule has 104 valence electrons. The Morgan fingerprint density at radius 3 is 2.85 bits per heavy atom. The molecule has 0 saturated carbocycles. The average molecular weight is 274 g/mol. The van der Waals surface area contributed by atoms with Gasteiger partial charge in [-0.2, -0.15) is 0 Å². The van der Waals surface area contributed by atoms with Gasteiger partial charge in [-0.05, 0) is 31.5 Å². The van der Waals surface area contributed by atoms with E-state index in [0.717, 1.165) is 11.3 Å². The smallest absolute Gasteiger partial charge is 0.311 e. The van der Waals surface area contributed by atoms with Gasteiger partial charge in [0.05, 0.1) is 4.92 Å². The Hall–Kier alpha value is -2.70. The van der Waals surface area contributed by atoms with Gasteiger partial charge in [-0.25, -0.2) is 4.98 Å². The van der Waals surface area contributed by atoms with Crippen molar-refractivity contribution in [1.29, 1.82) is 0 Å². The van der Waals surface area contributed by atoms with Crippen LogP contribution in [0.1, 0.15) is 16.8 Å². The summed E-state index contributed by atoms with van der Waals surface area (Å²) in [4.78, 5) is 28.8. The second-order valence-electron chi connectivity index (χ2n) is 4.42. The lowest BCUT2D eigenvalue weighted by Gasteiger charge is -2.08. The zero-order valence-electron chi connectivity index (χ0n) is 11.1. The molecular weight excluding hydrogens is 260 g/mol. The number of rotatable bonds is 4. The molecule has 2 aromatic rings. The monoisotopic (exact) mass is 274 g/mol. The first-order valence-electron chi connectivity index (χ1n) is 6.01. The summed E-state index contributed by atoms with van der Waals surface area (Å²) in [6.07, 6.45) is 1.46. The van der Waals surface area contributed by atoms with E-state index in [0.29, 0.717) is 5.56 Å². The van der Waals surface area contributed by atoms with Gasteiger partial charge in [0.15, 0.2) is 0 Å². The van der Waals surface area contributed by atoms with Crippen molar-refractivity contribution in [3.05, 3.63) is 61.7 Å². The van der Waals surface area contributed by atoms with Gasteiger partial charge in [0.2, 0.25) is 5.82 Å². The van der Waals surface area contributed by atoms with Crippen LogP contribution in [0.3, 0.4) is 0 Å². The molecule has 0 aromatic carbocycles. The molecule has 7 nitrogen and oxygen atoms in total. The zero-order chi connectivity index (χ0) is 14.7. The zero-order valence-corrected chi connectivity index (χ0v) is 11.1. The number of hydrogen-bond acceptors (Lipinski definition) is 5. The minimum Gasteiger partial charge on any atom is -0.360 e. The molecular formula is C13H14N4O3. The van der Waals surface area contributed by atoms with Crippen LogP contribution in [0.4, 0.5) is 11.5 Å². The first-order chi connectivity index (χ1) is 9.49. The molecule has 2 heterocycles. The number of nitro groups is 1. The van der Waals surface area contributed by atoms with Crippen LogP contribution in [-0.2, 0) is 6.54 Å². The summed E-state index contributed by atoms with van der Waals surface area (Å²) in [5, 5.41) is 13.7. The summed E-state index contributed by atoms with van der Waals surface area (Å²) in [6.45, 7) is 3.81. The highest BCUT2D eigenvalue weighted by molar-refractivity contribution is 5.55. The first kappa shape index (κ1) is 13.7. The van der Waals surface area contributed by atoms with Gasteiger partial charge in [-0.15, -0.1) is 0 Å². The topological polar surface area (TPSA) is 101 Å². The van der Waals surface area contributed by atoms with Gasteiger partial charge in [0, 0.05) is 30.1 Å². The second-order valence-corrected chi connectivity index (χ2v) is 4.42. The third kappa shape index (κ3) is 2.82. The van der Waals surface area contributed by atoms with Crippen molar-refractivity contribution in [2.24, 2.45) is 0 Å². The highest BCUT2D eigenvalue weighted by atomic mass is 16.6. The van der Waals surface area contributed by atoms with Crippen molar-refractivity contribution in [2.45, 2.75) is 20.4 Å². The molecule has 0 aliphatic heterocycles. The van der Waals surface area contributed by atoms with Crippen LogP contribution >= 0.6 is 0 Å². The predicted molar refractivity (Wildman–Crippen MR) is 74.8 cm³/mol. The van der Waals surface area contributed by atoms with Gasteiger partial charge < -0.3 is 10.3 Å². The van der Waals surface area contributed by atoms with E-state index in [4.69, 9.17) is 0 Å². The van der Waals surface area contributed by atoms with E-state index in [-0.39, 0.29) is 23.6 Å². The molecule has 0 radical (unpaired) electrons. The quantitative estimate of drug-likeness (QED) is 0.655. The summed E-state index contributed by atoms with van der Waals surface area (Å²) in [5.41, 5.74) is 1.83. The van der Waals surface area contributed by atoms with Crippen LogP contribution in [0, 0.1) is 24.0 Å². The van der Waals surface area contributed by atoms with E-state index in [1.165, 1.54) is 18.3 Å². The van der Waals surface area contributed by atoms with Gasteiger partial charge in [-0.3, -0.25) is 14.9 Å². The molecule has 20 heavy (non-hydrogen) atoms. The number of H-pyrrole nitrogens is 1. The Bertz CT molecular complexity index is 709. The Labute approximate surface area is 114 Å². The Kier molecular flexibility index (Phi) is 3.79. The van der Waals surface area contributed by atoms with Gasteiger partial charge >= 0.3 is 5.69 Å². The van der Waals surface area contributed by atoms with E-state index in [9.17, 15) is 14.9 Å². The fraction of sp³-hybridized carbons (Fsp3) is 0.231. The largest absolute Gasteiger partial charge is 0.360 e. The highest BCUT2D eigenvalue weighted by Crippen LogP contribution is 2.20. The summed E-state index contributed by atoms with van der Waals surface area (Å²) in [7, 11) is 0. The number of nitrogens with one attached hydrogen (secondary N) is 2. The normalized spacial score (nSPS) is 10.3. The third-order valence-electron chi connectivity index (χ3n) is 2.91. The minimum atomic E-state index is -0.512. The fourth-order valence-corrected chi connectivity index (χ4v) is 1.95. The van der Waals surface area contributed by atoms with Crippen LogP contribution in [0.15, 0.2) is 29.2 Å². The molecule has 0 spiro atoms. The molecule has 0 unspecified atom stereocenters. The first-order valence-corrected chi connectivity index (χ1v) is 6.01. The van der Waals surface area contributed by atoms with E-state index >= 15 is 0 Å². The van der Waals surface area contributed by atoms with Crippen LogP contribution in [0.25, 0.3) is 0 Å². The highest BCUT2D eigenvalue weighted by Gasteiger charge is 2.14. The molecule has 0 amide bonds.